The first-order chi connectivity index (χ1) is 8.02. The average molecular weight is 238 g/mol. The summed E-state index contributed by atoms with van der Waals surface area (Å²) in [6.07, 6.45) is 2.46. The second kappa shape index (κ2) is 6.03. The summed E-state index contributed by atoms with van der Waals surface area (Å²) in [7, 11) is 3.71. The van der Waals surface area contributed by atoms with E-state index < -0.39 is 5.97 Å². The fourth-order valence-corrected chi connectivity index (χ4v) is 1.36. The monoisotopic (exact) mass is 238 g/mol. The van der Waals surface area contributed by atoms with Gasteiger partial charge in [0.05, 0.1) is 6.42 Å². The largest absolute Gasteiger partial charge is 0.481 e. The summed E-state index contributed by atoms with van der Waals surface area (Å²) >= 11 is 0. The lowest BCUT2D eigenvalue weighted by atomic mass is 10.1. The molecule has 0 spiro atoms. The van der Waals surface area contributed by atoms with E-state index in [9.17, 15) is 4.79 Å². The van der Waals surface area contributed by atoms with Crippen LogP contribution in [0.15, 0.2) is 12.3 Å². The van der Waals surface area contributed by atoms with Crippen LogP contribution in [0.2, 0.25) is 0 Å². The van der Waals surface area contributed by atoms with Crippen molar-refractivity contribution < 1.29 is 9.90 Å². The van der Waals surface area contributed by atoms with E-state index in [4.69, 9.17) is 5.11 Å². The van der Waals surface area contributed by atoms with Gasteiger partial charge >= 0.3 is 5.97 Å². The third kappa shape index (κ3) is 4.26. The summed E-state index contributed by atoms with van der Waals surface area (Å²) in [4.78, 5) is 20.8. The van der Waals surface area contributed by atoms with Crippen molar-refractivity contribution in [1.82, 2.24) is 9.97 Å². The van der Waals surface area contributed by atoms with Crippen molar-refractivity contribution in [2.24, 2.45) is 0 Å². The molecule has 0 radical (unpaired) electrons. The Morgan fingerprint density at radius 2 is 2.29 bits per heavy atom. The highest BCUT2D eigenvalue weighted by atomic mass is 16.4. The van der Waals surface area contributed by atoms with E-state index in [0.717, 1.165) is 6.42 Å². The molecule has 0 aliphatic carbocycles. The number of nitrogens with zero attached hydrogens (tertiary/aromatic N) is 3. The molecule has 94 valence electrons. The molecular weight excluding hydrogens is 220 g/mol. The molecule has 1 aromatic heterocycles. The summed E-state index contributed by atoms with van der Waals surface area (Å²) in [6.45, 7) is 1.94. The Bertz CT molecular complexity index is 381. The quantitative estimate of drug-likeness (QED) is 0.775. The average Bonchev–Trinajstić information content (AvgIpc) is 2.28. The number of nitrogens with one attached hydrogen (secondary N) is 1. The minimum absolute atomic E-state index is 0.0812. The molecule has 1 atom stereocenters. The van der Waals surface area contributed by atoms with E-state index in [0.29, 0.717) is 11.8 Å². The van der Waals surface area contributed by atoms with E-state index in [1.54, 1.807) is 17.2 Å². The third-order valence-corrected chi connectivity index (χ3v) is 2.31. The summed E-state index contributed by atoms with van der Waals surface area (Å²) in [5, 5.41) is 11.9. The Morgan fingerprint density at radius 1 is 1.59 bits per heavy atom. The number of rotatable bonds is 6. The summed E-state index contributed by atoms with van der Waals surface area (Å²) in [6, 6.07) is 1.62. The van der Waals surface area contributed by atoms with Crippen LogP contribution < -0.4 is 10.2 Å². The number of carbonyl (C=O) groups is 1. The lowest BCUT2D eigenvalue weighted by Crippen LogP contribution is -2.23. The van der Waals surface area contributed by atoms with Gasteiger partial charge in [-0.1, -0.05) is 6.92 Å². The molecule has 2 N–H and O–H groups in total. The first-order valence-electron chi connectivity index (χ1n) is 5.51. The fraction of sp³-hybridized carbons (Fsp3) is 0.545. The summed E-state index contributed by atoms with van der Waals surface area (Å²) in [5.41, 5.74) is 0. The third-order valence-electron chi connectivity index (χ3n) is 2.31. The van der Waals surface area contributed by atoms with Crippen LogP contribution in [0.5, 0.6) is 0 Å². The van der Waals surface area contributed by atoms with E-state index in [2.05, 4.69) is 15.3 Å². The predicted octanol–water partition coefficient (Wildman–Crippen LogP) is 1.21. The normalized spacial score (nSPS) is 11.9. The van der Waals surface area contributed by atoms with Crippen LogP contribution in [0.25, 0.3) is 0 Å². The van der Waals surface area contributed by atoms with Gasteiger partial charge in [-0.3, -0.25) is 4.79 Å². The molecule has 0 saturated heterocycles. The molecule has 17 heavy (non-hydrogen) atoms. The minimum atomic E-state index is -0.814. The molecule has 1 heterocycles. The van der Waals surface area contributed by atoms with Gasteiger partial charge in [-0.05, 0) is 12.5 Å². The fourth-order valence-electron chi connectivity index (χ4n) is 1.36. The molecule has 0 aromatic carbocycles. The van der Waals surface area contributed by atoms with Crippen molar-refractivity contribution in [3.05, 3.63) is 12.3 Å². The van der Waals surface area contributed by atoms with Gasteiger partial charge < -0.3 is 15.3 Å². The van der Waals surface area contributed by atoms with Gasteiger partial charge in [-0.2, -0.15) is 4.98 Å². The number of aromatic nitrogens is 2. The SMILES string of the molecule is CCC(CC(=O)O)Nc1ccnc(N(C)C)n1. The van der Waals surface area contributed by atoms with E-state index >= 15 is 0 Å². The smallest absolute Gasteiger partial charge is 0.305 e. The first-order valence-corrected chi connectivity index (χ1v) is 5.51. The highest BCUT2D eigenvalue weighted by molar-refractivity contribution is 5.68. The Kier molecular flexibility index (Phi) is 4.68. The van der Waals surface area contributed by atoms with Gasteiger partial charge in [-0.15, -0.1) is 0 Å². The number of hydrogen-bond acceptors (Lipinski definition) is 5. The number of hydrogen-bond donors (Lipinski definition) is 2. The van der Waals surface area contributed by atoms with Crippen LogP contribution in [0.4, 0.5) is 11.8 Å². The first kappa shape index (κ1) is 13.2. The highest BCUT2D eigenvalue weighted by Crippen LogP contribution is 2.11. The molecule has 1 rings (SSSR count). The van der Waals surface area contributed by atoms with Crippen LogP contribution in [0, 0.1) is 0 Å². The number of anilines is 2. The number of aliphatic carboxylic acids is 1. The molecule has 0 amide bonds. The zero-order valence-corrected chi connectivity index (χ0v) is 10.3. The van der Waals surface area contributed by atoms with Crippen molar-refractivity contribution in [3.8, 4) is 0 Å². The van der Waals surface area contributed by atoms with Gasteiger partial charge in [0.1, 0.15) is 5.82 Å². The Morgan fingerprint density at radius 3 is 2.82 bits per heavy atom. The molecule has 6 nitrogen and oxygen atoms in total. The molecule has 0 fully saturated rings. The van der Waals surface area contributed by atoms with Gasteiger partial charge in [-0.25, -0.2) is 4.98 Å². The van der Waals surface area contributed by atoms with E-state index in [-0.39, 0.29) is 12.5 Å². The van der Waals surface area contributed by atoms with Crippen LogP contribution in [-0.4, -0.2) is 41.2 Å². The molecule has 1 unspecified atom stereocenters. The zero-order valence-electron chi connectivity index (χ0n) is 10.3. The summed E-state index contributed by atoms with van der Waals surface area (Å²) in [5.74, 6) is 0.434. The van der Waals surface area contributed by atoms with Crippen LogP contribution in [-0.2, 0) is 4.79 Å². The molecule has 6 heteroatoms. The highest BCUT2D eigenvalue weighted by Gasteiger charge is 2.11. The van der Waals surface area contributed by atoms with E-state index in [1.165, 1.54) is 0 Å². The maximum atomic E-state index is 10.7. The Labute approximate surface area is 101 Å². The molecule has 0 aliphatic rings. The van der Waals surface area contributed by atoms with Gasteiger partial charge in [0.15, 0.2) is 0 Å². The number of carboxylic acids is 1. The molecule has 1 aromatic rings. The second-order valence-electron chi connectivity index (χ2n) is 3.98. The van der Waals surface area contributed by atoms with Gasteiger partial charge in [0.2, 0.25) is 5.95 Å². The van der Waals surface area contributed by atoms with Crippen molar-refractivity contribution in [1.29, 1.82) is 0 Å². The van der Waals surface area contributed by atoms with Crippen molar-refractivity contribution in [3.63, 3.8) is 0 Å². The van der Waals surface area contributed by atoms with Crippen LogP contribution in [0.3, 0.4) is 0 Å². The molecular formula is C11H18N4O2. The maximum Gasteiger partial charge on any atom is 0.305 e. The second-order valence-corrected chi connectivity index (χ2v) is 3.98. The Hall–Kier alpha value is -1.85. The van der Waals surface area contributed by atoms with Crippen molar-refractivity contribution in [2.45, 2.75) is 25.8 Å². The van der Waals surface area contributed by atoms with Crippen LogP contribution in [0.1, 0.15) is 19.8 Å². The van der Waals surface area contributed by atoms with Crippen molar-refractivity contribution in [2.75, 3.05) is 24.3 Å². The van der Waals surface area contributed by atoms with Gasteiger partial charge in [0.25, 0.3) is 0 Å². The zero-order chi connectivity index (χ0) is 12.8. The molecule has 0 saturated carbocycles. The van der Waals surface area contributed by atoms with Crippen LogP contribution >= 0.6 is 0 Å². The number of carboxylic acid groups (broad SMARTS) is 1. The molecule has 0 aliphatic heterocycles. The topological polar surface area (TPSA) is 78.3 Å². The lowest BCUT2D eigenvalue weighted by molar-refractivity contribution is -0.137. The minimum Gasteiger partial charge on any atom is -0.481 e. The maximum absolute atomic E-state index is 10.7. The van der Waals surface area contributed by atoms with Gasteiger partial charge in [0, 0.05) is 26.3 Å². The van der Waals surface area contributed by atoms with E-state index in [1.807, 2.05) is 21.0 Å². The molecule has 0 bridgehead atoms. The predicted molar refractivity (Wildman–Crippen MR) is 66.3 cm³/mol. The summed E-state index contributed by atoms with van der Waals surface area (Å²) < 4.78 is 0. The Balaban J connectivity index is 2.72. The van der Waals surface area contributed by atoms with Crippen molar-refractivity contribution >= 4 is 17.7 Å². The standard InChI is InChI=1S/C11H18N4O2/c1-4-8(7-10(16)17)13-9-5-6-12-11(14-9)15(2)3/h5-6,8H,4,7H2,1-3H3,(H,16,17)(H,12,13,14). The lowest BCUT2D eigenvalue weighted by Gasteiger charge is -2.17.